The molecule has 0 unspecified atom stereocenters. The topological polar surface area (TPSA) is 81.7 Å². The lowest BCUT2D eigenvalue weighted by molar-refractivity contribution is -0.141. The van der Waals surface area contributed by atoms with E-state index in [0.717, 1.165) is 0 Å². The van der Waals surface area contributed by atoms with Crippen LogP contribution in [0.25, 0.3) is 0 Å². The maximum Gasteiger partial charge on any atom is 0.321 e. The van der Waals surface area contributed by atoms with Crippen LogP contribution in [0.5, 0.6) is 0 Å². The van der Waals surface area contributed by atoms with Gasteiger partial charge in [-0.1, -0.05) is 11.6 Å². The van der Waals surface area contributed by atoms with E-state index in [2.05, 4.69) is 10.6 Å². The number of hydrogen-bond acceptors (Lipinski definition) is 4. The second-order valence-corrected chi connectivity index (χ2v) is 5.34. The Morgan fingerprint density at radius 2 is 1.90 bits per heavy atom. The molecule has 0 saturated heterocycles. The predicted molar refractivity (Wildman–Crippen MR) is 82.7 cm³/mol. The Hall–Kier alpha value is -1.63. The fourth-order valence-corrected chi connectivity index (χ4v) is 1.77. The van der Waals surface area contributed by atoms with Gasteiger partial charge in [0.15, 0.2) is 0 Å². The van der Waals surface area contributed by atoms with Crippen LogP contribution in [0.4, 0.5) is 5.69 Å². The number of carboxylic acids is 1. The van der Waals surface area contributed by atoms with Gasteiger partial charge in [-0.3, -0.25) is 9.59 Å². The van der Waals surface area contributed by atoms with Gasteiger partial charge in [-0.05, 0) is 38.4 Å². The summed E-state index contributed by atoms with van der Waals surface area (Å²) in [5, 5.41) is 15.2. The fourth-order valence-electron chi connectivity index (χ4n) is 1.64. The number of rotatable bonds is 8. The molecule has 0 aliphatic heterocycles. The van der Waals surface area contributed by atoms with E-state index in [9.17, 15) is 9.59 Å². The molecule has 1 rings (SSSR count). The van der Waals surface area contributed by atoms with Gasteiger partial charge in [-0.25, -0.2) is 0 Å². The van der Waals surface area contributed by atoms with E-state index in [1.54, 1.807) is 24.3 Å². The standard InChI is InChI=1S/C14H20ClN3O3/c1-18(2)8-7-16-12(14(20)21)9-13(19)17-11-5-3-10(15)4-6-11/h3-6,12,16H,7-9H2,1-2H3,(H,17,19)(H,20,21)/t12-/m0/s1. The highest BCUT2D eigenvalue weighted by Gasteiger charge is 2.20. The number of likely N-dealkylation sites (N-methyl/N-ethyl adjacent to an activating group) is 1. The van der Waals surface area contributed by atoms with E-state index in [0.29, 0.717) is 23.8 Å². The number of aliphatic carboxylic acids is 1. The molecule has 0 fully saturated rings. The lowest BCUT2D eigenvalue weighted by Gasteiger charge is -2.16. The molecular formula is C14H20ClN3O3. The number of hydrogen-bond donors (Lipinski definition) is 3. The third-order valence-electron chi connectivity index (χ3n) is 2.77. The highest BCUT2D eigenvalue weighted by Crippen LogP contribution is 2.13. The van der Waals surface area contributed by atoms with Crippen molar-refractivity contribution in [1.82, 2.24) is 10.2 Å². The van der Waals surface area contributed by atoms with Crippen molar-refractivity contribution in [2.75, 3.05) is 32.5 Å². The first kappa shape index (κ1) is 17.4. The highest BCUT2D eigenvalue weighted by atomic mass is 35.5. The van der Waals surface area contributed by atoms with Gasteiger partial charge < -0.3 is 20.6 Å². The molecule has 1 aromatic carbocycles. The number of carbonyl (C=O) groups is 2. The summed E-state index contributed by atoms with van der Waals surface area (Å²) >= 11 is 5.75. The number of nitrogens with one attached hydrogen (secondary N) is 2. The van der Waals surface area contributed by atoms with Gasteiger partial charge in [0.25, 0.3) is 0 Å². The Bertz CT molecular complexity index is 477. The molecule has 1 amide bonds. The Morgan fingerprint density at radius 3 is 2.43 bits per heavy atom. The first-order chi connectivity index (χ1) is 9.88. The molecule has 0 aromatic heterocycles. The smallest absolute Gasteiger partial charge is 0.321 e. The molecule has 21 heavy (non-hydrogen) atoms. The van der Waals surface area contributed by atoms with Crippen LogP contribution < -0.4 is 10.6 Å². The van der Waals surface area contributed by atoms with Crippen molar-refractivity contribution in [3.8, 4) is 0 Å². The summed E-state index contributed by atoms with van der Waals surface area (Å²) in [5.41, 5.74) is 0.585. The molecule has 7 heteroatoms. The molecular weight excluding hydrogens is 294 g/mol. The Labute approximate surface area is 129 Å². The molecule has 0 heterocycles. The Morgan fingerprint density at radius 1 is 1.29 bits per heavy atom. The minimum absolute atomic E-state index is 0.134. The molecule has 6 nitrogen and oxygen atoms in total. The third kappa shape index (κ3) is 7.08. The van der Waals surface area contributed by atoms with Crippen molar-refractivity contribution in [1.29, 1.82) is 0 Å². The van der Waals surface area contributed by atoms with Gasteiger partial charge in [0.05, 0.1) is 6.42 Å². The molecule has 0 saturated carbocycles. The number of halogens is 1. The van der Waals surface area contributed by atoms with Crippen LogP contribution in [0.3, 0.4) is 0 Å². The molecule has 0 aliphatic rings. The van der Waals surface area contributed by atoms with Gasteiger partial charge >= 0.3 is 5.97 Å². The lowest BCUT2D eigenvalue weighted by atomic mass is 10.2. The lowest BCUT2D eigenvalue weighted by Crippen LogP contribution is -2.42. The molecule has 1 aromatic rings. The summed E-state index contributed by atoms with van der Waals surface area (Å²) in [6.45, 7) is 1.20. The van der Waals surface area contributed by atoms with Crippen molar-refractivity contribution >= 4 is 29.2 Å². The van der Waals surface area contributed by atoms with E-state index in [1.165, 1.54) is 0 Å². The van der Waals surface area contributed by atoms with Gasteiger partial charge in [0.1, 0.15) is 6.04 Å². The second kappa shape index (κ2) is 8.61. The van der Waals surface area contributed by atoms with Crippen molar-refractivity contribution in [3.05, 3.63) is 29.3 Å². The molecule has 116 valence electrons. The number of carbonyl (C=O) groups excluding carboxylic acids is 1. The maximum atomic E-state index is 11.9. The molecule has 3 N–H and O–H groups in total. The second-order valence-electron chi connectivity index (χ2n) is 4.91. The summed E-state index contributed by atoms with van der Waals surface area (Å²) in [6.07, 6.45) is -0.134. The summed E-state index contributed by atoms with van der Waals surface area (Å²) < 4.78 is 0. The number of anilines is 1. The highest BCUT2D eigenvalue weighted by molar-refractivity contribution is 6.30. The van der Waals surface area contributed by atoms with E-state index < -0.39 is 12.0 Å². The molecule has 0 aliphatic carbocycles. The van der Waals surface area contributed by atoms with Crippen LogP contribution in [0.15, 0.2) is 24.3 Å². The van der Waals surface area contributed by atoms with E-state index in [1.807, 2.05) is 19.0 Å². The predicted octanol–water partition coefficient (Wildman–Crippen LogP) is 1.27. The average molecular weight is 314 g/mol. The summed E-state index contributed by atoms with van der Waals surface area (Å²) in [7, 11) is 3.79. The van der Waals surface area contributed by atoms with E-state index >= 15 is 0 Å². The van der Waals surface area contributed by atoms with Crippen molar-refractivity contribution in [3.63, 3.8) is 0 Å². The van der Waals surface area contributed by atoms with E-state index in [-0.39, 0.29) is 12.3 Å². The zero-order chi connectivity index (χ0) is 15.8. The number of amides is 1. The van der Waals surface area contributed by atoms with Crippen LogP contribution >= 0.6 is 11.6 Å². The largest absolute Gasteiger partial charge is 0.480 e. The minimum atomic E-state index is -1.04. The summed E-state index contributed by atoms with van der Waals surface area (Å²) in [5.74, 6) is -1.40. The fraction of sp³-hybridized carbons (Fsp3) is 0.429. The quantitative estimate of drug-likeness (QED) is 0.673. The minimum Gasteiger partial charge on any atom is -0.480 e. The van der Waals surface area contributed by atoms with Crippen molar-refractivity contribution < 1.29 is 14.7 Å². The monoisotopic (exact) mass is 313 g/mol. The van der Waals surface area contributed by atoms with Crippen LogP contribution in [0, 0.1) is 0 Å². The van der Waals surface area contributed by atoms with Gasteiger partial charge in [-0.2, -0.15) is 0 Å². The van der Waals surface area contributed by atoms with E-state index in [4.69, 9.17) is 16.7 Å². The number of carboxylic acid groups (broad SMARTS) is 1. The first-order valence-electron chi connectivity index (χ1n) is 6.55. The normalized spacial score (nSPS) is 12.2. The first-order valence-corrected chi connectivity index (χ1v) is 6.92. The molecule has 0 spiro atoms. The molecule has 0 bridgehead atoms. The SMILES string of the molecule is CN(C)CCN[C@@H](CC(=O)Nc1ccc(Cl)cc1)C(=O)O. The zero-order valence-electron chi connectivity index (χ0n) is 12.1. The number of nitrogens with zero attached hydrogens (tertiary/aromatic N) is 1. The Kier molecular flexibility index (Phi) is 7.14. The van der Waals surface area contributed by atoms with Crippen LogP contribution in [-0.2, 0) is 9.59 Å². The zero-order valence-corrected chi connectivity index (χ0v) is 12.9. The van der Waals surface area contributed by atoms with Gasteiger partial charge in [0.2, 0.25) is 5.91 Å². The molecule has 1 atom stereocenters. The van der Waals surface area contributed by atoms with Crippen LogP contribution in [0.1, 0.15) is 6.42 Å². The summed E-state index contributed by atoms with van der Waals surface area (Å²) in [4.78, 5) is 24.9. The molecule has 0 radical (unpaired) electrons. The summed E-state index contributed by atoms with van der Waals surface area (Å²) in [6, 6.07) is 5.73. The van der Waals surface area contributed by atoms with Crippen molar-refractivity contribution in [2.24, 2.45) is 0 Å². The third-order valence-corrected chi connectivity index (χ3v) is 3.02. The average Bonchev–Trinajstić information content (AvgIpc) is 2.39. The maximum absolute atomic E-state index is 11.9. The van der Waals surface area contributed by atoms with Crippen LogP contribution in [-0.4, -0.2) is 55.1 Å². The van der Waals surface area contributed by atoms with Crippen LogP contribution in [0.2, 0.25) is 5.02 Å². The van der Waals surface area contributed by atoms with Gasteiger partial charge in [0, 0.05) is 23.8 Å². The number of benzene rings is 1. The van der Waals surface area contributed by atoms with Crippen molar-refractivity contribution in [2.45, 2.75) is 12.5 Å². The van der Waals surface area contributed by atoms with Gasteiger partial charge in [-0.15, -0.1) is 0 Å². The Balaban J connectivity index is 2.48.